The predicted molar refractivity (Wildman–Crippen MR) is 112 cm³/mol. The summed E-state index contributed by atoms with van der Waals surface area (Å²) in [6.07, 6.45) is 0.702. The first-order chi connectivity index (χ1) is 13.7. The van der Waals surface area contributed by atoms with Crippen LogP contribution in [0.25, 0.3) is 5.76 Å². The number of aliphatic hydroxyl groups excluding tert-OH is 1. The van der Waals surface area contributed by atoms with E-state index in [4.69, 9.17) is 11.6 Å². The van der Waals surface area contributed by atoms with Crippen LogP contribution in [0.5, 0.6) is 0 Å². The molecule has 1 aromatic carbocycles. The molecule has 1 aliphatic heterocycles. The number of nitrogens with zero attached hydrogens (tertiary/aromatic N) is 3. The molecule has 1 atom stereocenters. The highest BCUT2D eigenvalue weighted by Crippen LogP contribution is 2.40. The third-order valence-electron chi connectivity index (χ3n) is 5.09. The molecule has 1 saturated heterocycles. The number of aryl methyl sites for hydroxylation is 2. The number of Topliss-reactive ketones (excluding diaryl/α,β-unsaturated/α-hetero) is 1. The predicted octanol–water partition coefficient (Wildman–Crippen LogP) is 3.05. The molecule has 0 bridgehead atoms. The highest BCUT2D eigenvalue weighted by Gasteiger charge is 2.46. The summed E-state index contributed by atoms with van der Waals surface area (Å²) >= 11 is 6.03. The Morgan fingerprint density at radius 2 is 1.90 bits per heavy atom. The van der Waals surface area contributed by atoms with Crippen LogP contribution in [-0.4, -0.2) is 64.0 Å². The lowest BCUT2D eigenvalue weighted by Gasteiger charge is -2.26. The van der Waals surface area contributed by atoms with Gasteiger partial charge >= 0.3 is 0 Å². The Balaban J connectivity index is 2.12. The van der Waals surface area contributed by atoms with Gasteiger partial charge in [-0.25, -0.2) is 0 Å². The Labute approximate surface area is 175 Å². The molecule has 2 N–H and O–H groups in total. The van der Waals surface area contributed by atoms with Gasteiger partial charge in [-0.3, -0.25) is 14.7 Å². The molecule has 2 heterocycles. The third-order valence-corrected chi connectivity index (χ3v) is 5.35. The van der Waals surface area contributed by atoms with Crippen molar-refractivity contribution in [2.45, 2.75) is 26.3 Å². The van der Waals surface area contributed by atoms with Gasteiger partial charge in [0.1, 0.15) is 5.76 Å². The lowest BCUT2D eigenvalue weighted by atomic mass is 9.94. The molecule has 1 unspecified atom stereocenters. The van der Waals surface area contributed by atoms with Gasteiger partial charge in [0.2, 0.25) is 0 Å². The average Bonchev–Trinajstić information content (AvgIpc) is 3.13. The minimum absolute atomic E-state index is 0.0785. The quantitative estimate of drug-likeness (QED) is 0.429. The van der Waals surface area contributed by atoms with E-state index >= 15 is 0 Å². The number of nitrogens with one attached hydrogen (secondary N) is 1. The van der Waals surface area contributed by atoms with Crippen LogP contribution in [0.3, 0.4) is 0 Å². The van der Waals surface area contributed by atoms with Gasteiger partial charge in [0, 0.05) is 17.3 Å². The van der Waals surface area contributed by atoms with Crippen molar-refractivity contribution < 1.29 is 14.7 Å². The molecule has 8 heteroatoms. The number of aromatic amines is 1. The molecule has 0 spiro atoms. The Morgan fingerprint density at radius 3 is 2.45 bits per heavy atom. The number of hydrogen-bond donors (Lipinski definition) is 2. The maximum Gasteiger partial charge on any atom is 0.295 e. The molecule has 1 aliphatic rings. The minimum Gasteiger partial charge on any atom is -0.507 e. The molecule has 1 amide bonds. The van der Waals surface area contributed by atoms with Crippen molar-refractivity contribution in [3.05, 3.63) is 57.4 Å². The van der Waals surface area contributed by atoms with Gasteiger partial charge < -0.3 is 14.9 Å². The zero-order valence-electron chi connectivity index (χ0n) is 17.0. The van der Waals surface area contributed by atoms with Crippen molar-refractivity contribution in [2.75, 3.05) is 27.2 Å². The van der Waals surface area contributed by atoms with Crippen molar-refractivity contribution >= 4 is 29.1 Å². The molecule has 2 aromatic rings. The highest BCUT2D eigenvalue weighted by molar-refractivity contribution is 6.46. The number of rotatable bonds is 6. The number of benzene rings is 1. The number of likely N-dealkylation sites (tertiary alicyclic amines) is 1. The lowest BCUT2D eigenvalue weighted by molar-refractivity contribution is -0.139. The summed E-state index contributed by atoms with van der Waals surface area (Å²) in [5.41, 5.74) is 2.45. The number of aliphatic hydroxyl groups is 1. The molecule has 1 fully saturated rings. The number of ketones is 1. The Morgan fingerprint density at radius 1 is 1.24 bits per heavy atom. The van der Waals surface area contributed by atoms with Crippen molar-refractivity contribution in [1.82, 2.24) is 20.0 Å². The van der Waals surface area contributed by atoms with Crippen molar-refractivity contribution in [2.24, 2.45) is 0 Å². The van der Waals surface area contributed by atoms with Crippen molar-refractivity contribution in [3.63, 3.8) is 0 Å². The van der Waals surface area contributed by atoms with E-state index in [9.17, 15) is 14.7 Å². The van der Waals surface area contributed by atoms with Crippen LogP contribution in [0, 0.1) is 13.8 Å². The molecule has 0 saturated carbocycles. The molecule has 7 nitrogen and oxygen atoms in total. The molecule has 0 radical (unpaired) electrons. The summed E-state index contributed by atoms with van der Waals surface area (Å²) in [5.74, 6) is -1.50. The van der Waals surface area contributed by atoms with E-state index in [0.717, 1.165) is 12.1 Å². The van der Waals surface area contributed by atoms with E-state index in [1.165, 1.54) is 4.90 Å². The van der Waals surface area contributed by atoms with Gasteiger partial charge in [-0.05, 0) is 58.6 Å². The second-order valence-corrected chi connectivity index (χ2v) is 7.95. The van der Waals surface area contributed by atoms with Crippen molar-refractivity contribution in [3.8, 4) is 0 Å². The first-order valence-electron chi connectivity index (χ1n) is 9.43. The average molecular weight is 417 g/mol. The Bertz CT molecular complexity index is 943. The zero-order valence-corrected chi connectivity index (χ0v) is 17.7. The van der Waals surface area contributed by atoms with E-state index < -0.39 is 17.7 Å². The summed E-state index contributed by atoms with van der Waals surface area (Å²) in [6, 6.07) is 6.31. The fourth-order valence-corrected chi connectivity index (χ4v) is 3.82. The first kappa shape index (κ1) is 21.1. The molecular weight excluding hydrogens is 392 g/mol. The largest absolute Gasteiger partial charge is 0.507 e. The van der Waals surface area contributed by atoms with Gasteiger partial charge in [-0.1, -0.05) is 23.7 Å². The highest BCUT2D eigenvalue weighted by atomic mass is 35.5. The number of halogens is 1. The molecular formula is C21H25ClN4O3. The summed E-state index contributed by atoms with van der Waals surface area (Å²) in [6.45, 7) is 4.68. The lowest BCUT2D eigenvalue weighted by Crippen LogP contribution is -2.32. The number of H-pyrrole nitrogens is 1. The Hall–Kier alpha value is -2.64. The second kappa shape index (κ2) is 8.39. The summed E-state index contributed by atoms with van der Waals surface area (Å²) in [7, 11) is 3.91. The van der Waals surface area contributed by atoms with E-state index in [2.05, 4.69) is 10.2 Å². The van der Waals surface area contributed by atoms with Crippen LogP contribution in [0.1, 0.15) is 35.0 Å². The van der Waals surface area contributed by atoms with Crippen LogP contribution in [0.15, 0.2) is 29.8 Å². The van der Waals surface area contributed by atoms with Crippen LogP contribution in [0.2, 0.25) is 5.02 Å². The first-order valence-corrected chi connectivity index (χ1v) is 9.80. The number of carbonyl (C=O) groups excluding carboxylic acids is 2. The standard InChI is InChI=1S/C21H25ClN4O3/c1-12-16(13(2)24-23-12)19(27)17-18(14-6-8-15(22)9-7-14)26(21(29)20(17)28)11-5-10-25(3)4/h6-9,18,27H,5,10-11H2,1-4H3,(H,23,24)/b19-17+. The SMILES string of the molecule is Cc1n[nH]c(C)c1/C(O)=C1\C(=O)C(=O)N(CCCN(C)C)C1c1ccc(Cl)cc1. The summed E-state index contributed by atoms with van der Waals surface area (Å²) in [4.78, 5) is 29.4. The molecule has 3 rings (SSSR count). The molecule has 29 heavy (non-hydrogen) atoms. The van der Waals surface area contributed by atoms with E-state index in [1.54, 1.807) is 38.1 Å². The van der Waals surface area contributed by atoms with Crippen molar-refractivity contribution in [1.29, 1.82) is 0 Å². The monoisotopic (exact) mass is 416 g/mol. The van der Waals surface area contributed by atoms with E-state index in [1.807, 2.05) is 19.0 Å². The van der Waals surface area contributed by atoms with Crippen LogP contribution in [-0.2, 0) is 9.59 Å². The maximum atomic E-state index is 12.9. The van der Waals surface area contributed by atoms with Gasteiger partial charge in [0.05, 0.1) is 22.9 Å². The van der Waals surface area contributed by atoms with Gasteiger partial charge in [-0.15, -0.1) is 0 Å². The van der Waals surface area contributed by atoms with Crippen LogP contribution >= 0.6 is 11.6 Å². The zero-order chi connectivity index (χ0) is 21.3. The summed E-state index contributed by atoms with van der Waals surface area (Å²) in [5, 5.41) is 18.5. The van der Waals surface area contributed by atoms with Gasteiger partial charge in [-0.2, -0.15) is 5.10 Å². The second-order valence-electron chi connectivity index (χ2n) is 7.51. The number of hydrogen-bond acceptors (Lipinski definition) is 5. The normalized spacial score (nSPS) is 18.8. The third kappa shape index (κ3) is 4.06. The number of aromatic nitrogens is 2. The fourth-order valence-electron chi connectivity index (χ4n) is 3.69. The fraction of sp³-hybridized carbons (Fsp3) is 0.381. The number of carbonyl (C=O) groups is 2. The van der Waals surface area contributed by atoms with E-state index in [0.29, 0.717) is 34.9 Å². The molecule has 0 aliphatic carbocycles. The van der Waals surface area contributed by atoms with Crippen LogP contribution in [0.4, 0.5) is 0 Å². The maximum absolute atomic E-state index is 12.9. The smallest absolute Gasteiger partial charge is 0.295 e. The van der Waals surface area contributed by atoms with Gasteiger partial charge in [0.25, 0.3) is 11.7 Å². The summed E-state index contributed by atoms with van der Waals surface area (Å²) < 4.78 is 0. The molecule has 1 aromatic heterocycles. The van der Waals surface area contributed by atoms with Gasteiger partial charge in [0.15, 0.2) is 0 Å². The Kier molecular flexibility index (Phi) is 6.10. The molecule has 154 valence electrons. The van der Waals surface area contributed by atoms with Crippen LogP contribution < -0.4 is 0 Å². The topological polar surface area (TPSA) is 89.5 Å². The number of amides is 1. The minimum atomic E-state index is -0.688. The van der Waals surface area contributed by atoms with E-state index in [-0.39, 0.29) is 11.3 Å².